The van der Waals surface area contributed by atoms with Crippen molar-refractivity contribution >= 4 is 17.6 Å². The summed E-state index contributed by atoms with van der Waals surface area (Å²) in [5.41, 5.74) is 0. The number of hydrogen-bond donors (Lipinski definition) is 0. The molecule has 1 saturated heterocycles. The van der Waals surface area contributed by atoms with Gasteiger partial charge in [0.05, 0.1) is 6.61 Å². The zero-order chi connectivity index (χ0) is 6.69. The molecule has 1 fully saturated rings. The fourth-order valence-electron chi connectivity index (χ4n) is 0.807. The van der Waals surface area contributed by atoms with Crippen LogP contribution in [0.3, 0.4) is 0 Å². The predicted octanol–water partition coefficient (Wildman–Crippen LogP) is 1.32. The topological polar surface area (TPSA) is 26.3 Å². The van der Waals surface area contributed by atoms with E-state index in [1.165, 1.54) is 0 Å². The third-order valence-corrected chi connectivity index (χ3v) is 1.75. The van der Waals surface area contributed by atoms with Crippen LogP contribution in [-0.4, -0.2) is 18.0 Å². The average molecular weight is 149 g/mol. The van der Waals surface area contributed by atoms with E-state index >= 15 is 0 Å². The summed E-state index contributed by atoms with van der Waals surface area (Å²) in [5, 5.41) is -0.396. The second-order valence-electron chi connectivity index (χ2n) is 2.13. The van der Waals surface area contributed by atoms with Crippen LogP contribution >= 0.6 is 11.6 Å². The molecule has 0 aromatic carbocycles. The number of hydrogen-bond acceptors (Lipinski definition) is 2. The van der Waals surface area contributed by atoms with Gasteiger partial charge >= 0.3 is 5.97 Å². The molecule has 3 heteroatoms. The molecule has 0 amide bonds. The summed E-state index contributed by atoms with van der Waals surface area (Å²) in [6, 6.07) is 0. The maximum absolute atomic E-state index is 10.7. The number of cyclic esters (lactones) is 1. The summed E-state index contributed by atoms with van der Waals surface area (Å²) < 4.78 is 4.74. The van der Waals surface area contributed by atoms with E-state index in [0.717, 1.165) is 19.3 Å². The van der Waals surface area contributed by atoms with E-state index in [9.17, 15) is 4.79 Å². The van der Waals surface area contributed by atoms with E-state index in [2.05, 4.69) is 0 Å². The number of carbonyl (C=O) groups is 1. The lowest BCUT2D eigenvalue weighted by Crippen LogP contribution is -2.14. The molecule has 9 heavy (non-hydrogen) atoms. The molecular weight excluding hydrogens is 140 g/mol. The molecule has 1 aliphatic rings. The van der Waals surface area contributed by atoms with Gasteiger partial charge in [0.1, 0.15) is 5.38 Å². The Balaban J connectivity index is 2.41. The van der Waals surface area contributed by atoms with Crippen molar-refractivity contribution in [1.82, 2.24) is 0 Å². The van der Waals surface area contributed by atoms with E-state index in [4.69, 9.17) is 16.3 Å². The molecule has 1 unspecified atom stereocenters. The molecule has 1 rings (SSSR count). The highest BCUT2D eigenvalue weighted by molar-refractivity contribution is 6.29. The van der Waals surface area contributed by atoms with Gasteiger partial charge in [-0.2, -0.15) is 0 Å². The maximum Gasteiger partial charge on any atom is 0.324 e. The molecule has 52 valence electrons. The van der Waals surface area contributed by atoms with Gasteiger partial charge in [-0.15, -0.1) is 11.6 Å². The van der Waals surface area contributed by atoms with Crippen LogP contribution in [0.4, 0.5) is 0 Å². The third-order valence-electron chi connectivity index (χ3n) is 1.35. The first-order chi connectivity index (χ1) is 4.30. The van der Waals surface area contributed by atoms with E-state index < -0.39 is 5.38 Å². The second-order valence-corrected chi connectivity index (χ2v) is 2.66. The van der Waals surface area contributed by atoms with Gasteiger partial charge in [0.2, 0.25) is 0 Å². The van der Waals surface area contributed by atoms with Crippen molar-refractivity contribution in [3.63, 3.8) is 0 Å². The first-order valence-corrected chi connectivity index (χ1v) is 3.55. The monoisotopic (exact) mass is 148 g/mol. The lowest BCUT2D eigenvalue weighted by atomic mass is 10.2. The Labute approximate surface area is 59.1 Å². The summed E-state index contributed by atoms with van der Waals surface area (Å²) in [6.07, 6.45) is 2.72. The van der Waals surface area contributed by atoms with Crippen LogP contribution in [0, 0.1) is 0 Å². The first-order valence-electron chi connectivity index (χ1n) is 3.11. The van der Waals surface area contributed by atoms with Crippen molar-refractivity contribution in [3.8, 4) is 0 Å². The SMILES string of the molecule is O=C1OCCCCC1Cl. The Hall–Kier alpha value is -0.240. The van der Waals surface area contributed by atoms with E-state index in [1.54, 1.807) is 0 Å². The highest BCUT2D eigenvalue weighted by Crippen LogP contribution is 2.13. The third kappa shape index (κ3) is 1.86. The van der Waals surface area contributed by atoms with Gasteiger partial charge in [-0.1, -0.05) is 0 Å². The van der Waals surface area contributed by atoms with Crippen molar-refractivity contribution in [2.45, 2.75) is 24.6 Å². The van der Waals surface area contributed by atoms with Gasteiger partial charge in [-0.05, 0) is 19.3 Å². The molecule has 1 atom stereocenters. The normalized spacial score (nSPS) is 29.0. The standard InChI is InChI=1S/C6H9ClO2/c7-5-3-1-2-4-9-6(5)8/h5H,1-4H2. The molecule has 0 aromatic rings. The second kappa shape index (κ2) is 3.06. The zero-order valence-electron chi connectivity index (χ0n) is 5.10. The lowest BCUT2D eigenvalue weighted by Gasteiger charge is -2.00. The molecule has 2 nitrogen and oxygen atoms in total. The minimum absolute atomic E-state index is 0.255. The lowest BCUT2D eigenvalue weighted by molar-refractivity contribution is -0.142. The minimum atomic E-state index is -0.396. The zero-order valence-corrected chi connectivity index (χ0v) is 5.86. The largest absolute Gasteiger partial charge is 0.465 e. The van der Waals surface area contributed by atoms with E-state index in [-0.39, 0.29) is 5.97 Å². The molecular formula is C6H9ClO2. The van der Waals surface area contributed by atoms with Crippen LogP contribution < -0.4 is 0 Å². The summed E-state index contributed by atoms with van der Waals surface area (Å²) in [4.78, 5) is 10.7. The predicted molar refractivity (Wildman–Crippen MR) is 34.5 cm³/mol. The van der Waals surface area contributed by atoms with Crippen LogP contribution in [-0.2, 0) is 9.53 Å². The van der Waals surface area contributed by atoms with E-state index in [0.29, 0.717) is 6.61 Å². The van der Waals surface area contributed by atoms with Gasteiger partial charge < -0.3 is 4.74 Å². The summed E-state index contributed by atoms with van der Waals surface area (Å²) in [6.45, 7) is 0.544. The number of esters is 1. The summed E-state index contributed by atoms with van der Waals surface area (Å²) in [7, 11) is 0. The van der Waals surface area contributed by atoms with Crippen molar-refractivity contribution in [2.24, 2.45) is 0 Å². The fraction of sp³-hybridized carbons (Fsp3) is 0.833. The molecule has 1 aliphatic heterocycles. The van der Waals surface area contributed by atoms with Crippen molar-refractivity contribution in [1.29, 1.82) is 0 Å². The molecule has 0 aliphatic carbocycles. The molecule has 0 saturated carbocycles. The average Bonchev–Trinajstić information content (AvgIpc) is 1.99. The van der Waals surface area contributed by atoms with Crippen LogP contribution in [0.1, 0.15) is 19.3 Å². The smallest absolute Gasteiger partial charge is 0.324 e. The van der Waals surface area contributed by atoms with Crippen molar-refractivity contribution in [2.75, 3.05) is 6.61 Å². The van der Waals surface area contributed by atoms with Crippen molar-refractivity contribution < 1.29 is 9.53 Å². The summed E-state index contributed by atoms with van der Waals surface area (Å²) in [5.74, 6) is -0.255. The Morgan fingerprint density at radius 1 is 1.56 bits per heavy atom. The number of ether oxygens (including phenoxy) is 1. The quantitative estimate of drug-likeness (QED) is 0.383. The molecule has 0 N–H and O–H groups in total. The molecule has 1 heterocycles. The van der Waals surface area contributed by atoms with Crippen LogP contribution in [0.2, 0.25) is 0 Å². The van der Waals surface area contributed by atoms with Gasteiger partial charge in [0.25, 0.3) is 0 Å². The Bertz CT molecular complexity index is 114. The fourth-order valence-corrected chi connectivity index (χ4v) is 1.02. The van der Waals surface area contributed by atoms with Gasteiger partial charge in [-0.3, -0.25) is 4.79 Å². The highest BCUT2D eigenvalue weighted by Gasteiger charge is 2.18. The van der Waals surface area contributed by atoms with Gasteiger partial charge in [0.15, 0.2) is 0 Å². The Morgan fingerprint density at radius 2 is 2.33 bits per heavy atom. The number of carbonyl (C=O) groups excluding carboxylic acids is 1. The number of alkyl halides is 1. The maximum atomic E-state index is 10.7. The van der Waals surface area contributed by atoms with Crippen LogP contribution in [0.15, 0.2) is 0 Å². The molecule has 0 spiro atoms. The van der Waals surface area contributed by atoms with E-state index in [1.807, 2.05) is 0 Å². The minimum Gasteiger partial charge on any atom is -0.465 e. The molecule has 0 radical (unpaired) electrons. The van der Waals surface area contributed by atoms with Gasteiger partial charge in [-0.25, -0.2) is 0 Å². The van der Waals surface area contributed by atoms with Crippen LogP contribution in [0.5, 0.6) is 0 Å². The van der Waals surface area contributed by atoms with Crippen molar-refractivity contribution in [3.05, 3.63) is 0 Å². The van der Waals surface area contributed by atoms with Crippen LogP contribution in [0.25, 0.3) is 0 Å². The first kappa shape index (κ1) is 6.87. The molecule has 0 bridgehead atoms. The molecule has 0 aromatic heterocycles. The van der Waals surface area contributed by atoms with Gasteiger partial charge in [0, 0.05) is 0 Å². The Morgan fingerprint density at radius 3 is 3.11 bits per heavy atom. The Kier molecular flexibility index (Phi) is 2.34. The summed E-state index contributed by atoms with van der Waals surface area (Å²) >= 11 is 5.60. The number of rotatable bonds is 0. The number of halogens is 1. The highest BCUT2D eigenvalue weighted by atomic mass is 35.5.